The zero-order valence-electron chi connectivity index (χ0n) is 13.4. The molecule has 0 saturated carbocycles. The van der Waals surface area contributed by atoms with E-state index in [-0.39, 0.29) is 5.75 Å². The summed E-state index contributed by atoms with van der Waals surface area (Å²) in [5.74, 6) is 0.907. The van der Waals surface area contributed by atoms with Crippen molar-refractivity contribution in [1.29, 1.82) is 0 Å². The van der Waals surface area contributed by atoms with Crippen LogP contribution in [0.3, 0.4) is 0 Å². The molecule has 0 saturated heterocycles. The van der Waals surface area contributed by atoms with E-state index in [4.69, 9.17) is 4.98 Å². The molecule has 0 bridgehead atoms. The molecular formula is C20H16N4O. The monoisotopic (exact) mass is 328 g/mol. The summed E-state index contributed by atoms with van der Waals surface area (Å²) in [7, 11) is 0. The number of hydrogen-bond donors (Lipinski definition) is 2. The number of phenols is 1. The van der Waals surface area contributed by atoms with Crippen LogP contribution in [0.1, 0.15) is 5.56 Å². The summed E-state index contributed by atoms with van der Waals surface area (Å²) >= 11 is 0. The number of aromatic nitrogens is 3. The lowest BCUT2D eigenvalue weighted by molar-refractivity contribution is 0.475. The Morgan fingerprint density at radius 3 is 2.44 bits per heavy atom. The van der Waals surface area contributed by atoms with E-state index >= 15 is 0 Å². The molecule has 5 heteroatoms. The van der Waals surface area contributed by atoms with E-state index in [0.717, 1.165) is 16.6 Å². The van der Waals surface area contributed by atoms with E-state index in [0.29, 0.717) is 23.7 Å². The molecule has 0 aliphatic heterocycles. The summed E-state index contributed by atoms with van der Waals surface area (Å²) in [5, 5.41) is 12.9. The number of anilines is 1. The van der Waals surface area contributed by atoms with E-state index < -0.39 is 0 Å². The van der Waals surface area contributed by atoms with Gasteiger partial charge in [0.2, 0.25) is 0 Å². The first-order valence-corrected chi connectivity index (χ1v) is 7.99. The maximum absolute atomic E-state index is 9.53. The number of rotatable bonds is 4. The van der Waals surface area contributed by atoms with E-state index in [2.05, 4.69) is 27.4 Å². The van der Waals surface area contributed by atoms with Gasteiger partial charge in [-0.2, -0.15) is 0 Å². The minimum atomic E-state index is 0.217. The molecule has 2 N–H and O–H groups in total. The van der Waals surface area contributed by atoms with Gasteiger partial charge in [-0.05, 0) is 42.0 Å². The minimum Gasteiger partial charge on any atom is -0.508 e. The maximum atomic E-state index is 9.53. The number of pyridine rings is 1. The third-order valence-electron chi connectivity index (χ3n) is 3.88. The van der Waals surface area contributed by atoms with E-state index in [9.17, 15) is 5.11 Å². The first-order valence-electron chi connectivity index (χ1n) is 7.99. The molecule has 2 aromatic heterocycles. The molecule has 25 heavy (non-hydrogen) atoms. The molecule has 0 atom stereocenters. The number of hydrogen-bond acceptors (Lipinski definition) is 5. The second-order valence-electron chi connectivity index (χ2n) is 5.65. The molecule has 4 rings (SSSR count). The molecule has 122 valence electrons. The Morgan fingerprint density at radius 1 is 0.840 bits per heavy atom. The molecule has 0 aliphatic rings. The molecule has 2 heterocycles. The van der Waals surface area contributed by atoms with Crippen molar-refractivity contribution in [2.75, 3.05) is 5.32 Å². The van der Waals surface area contributed by atoms with Crippen molar-refractivity contribution >= 4 is 17.0 Å². The van der Waals surface area contributed by atoms with Crippen LogP contribution in [0.25, 0.3) is 22.4 Å². The molecule has 0 radical (unpaired) electrons. The molecule has 5 nitrogen and oxygen atoms in total. The van der Waals surface area contributed by atoms with Crippen LogP contribution in [-0.4, -0.2) is 20.1 Å². The lowest BCUT2D eigenvalue weighted by atomic mass is 10.1. The molecule has 0 fully saturated rings. The van der Waals surface area contributed by atoms with Crippen LogP contribution >= 0.6 is 0 Å². The van der Waals surface area contributed by atoms with E-state index in [1.807, 2.05) is 42.5 Å². The fraction of sp³-hybridized carbons (Fsp3) is 0.0500. The lowest BCUT2D eigenvalue weighted by Crippen LogP contribution is -2.05. The summed E-state index contributed by atoms with van der Waals surface area (Å²) < 4.78 is 0. The fourth-order valence-electron chi connectivity index (χ4n) is 2.62. The van der Waals surface area contributed by atoms with Gasteiger partial charge in [-0.15, -0.1) is 0 Å². The van der Waals surface area contributed by atoms with Gasteiger partial charge in [-0.1, -0.05) is 30.3 Å². The second-order valence-corrected chi connectivity index (χ2v) is 5.65. The van der Waals surface area contributed by atoms with Gasteiger partial charge >= 0.3 is 0 Å². The largest absolute Gasteiger partial charge is 0.508 e. The number of fused-ring (bicyclic) bond motifs is 1. The predicted octanol–water partition coefficient (Wildman–Crippen LogP) is 4.01. The summed E-state index contributed by atoms with van der Waals surface area (Å²) in [6.45, 7) is 0.645. The fourth-order valence-corrected chi connectivity index (χ4v) is 2.62. The average molecular weight is 328 g/mol. The zero-order chi connectivity index (χ0) is 17.1. The van der Waals surface area contributed by atoms with Crippen LogP contribution in [-0.2, 0) is 6.54 Å². The normalized spacial score (nSPS) is 10.7. The number of nitrogens with zero attached hydrogens (tertiary/aromatic N) is 3. The molecule has 4 aromatic rings. The van der Waals surface area contributed by atoms with Crippen molar-refractivity contribution in [2.24, 2.45) is 0 Å². The van der Waals surface area contributed by atoms with Crippen LogP contribution in [0.2, 0.25) is 0 Å². The van der Waals surface area contributed by atoms with Crippen molar-refractivity contribution in [3.8, 4) is 17.0 Å². The number of nitrogens with one attached hydrogen (secondary N) is 1. The Labute approximate surface area is 145 Å². The maximum Gasteiger partial charge on any atom is 0.178 e. The van der Waals surface area contributed by atoms with Gasteiger partial charge in [0.15, 0.2) is 11.5 Å². The standard InChI is InChI=1S/C20H16N4O/c25-16-10-8-15(9-11-16)18-20(22-13-14-5-2-1-3-6-14)23-17-7-4-12-21-19(17)24-18/h1-12,25H,13H2,(H,22,23). The lowest BCUT2D eigenvalue weighted by Gasteiger charge is -2.12. The van der Waals surface area contributed by atoms with Crippen molar-refractivity contribution < 1.29 is 5.11 Å². The first kappa shape index (κ1) is 15.1. The van der Waals surface area contributed by atoms with Crippen molar-refractivity contribution in [1.82, 2.24) is 15.0 Å². The molecular weight excluding hydrogens is 312 g/mol. The first-order chi connectivity index (χ1) is 12.3. The van der Waals surface area contributed by atoms with Crippen LogP contribution in [0, 0.1) is 0 Å². The third kappa shape index (κ3) is 3.26. The van der Waals surface area contributed by atoms with Gasteiger partial charge in [-0.3, -0.25) is 0 Å². The Morgan fingerprint density at radius 2 is 1.64 bits per heavy atom. The quantitative estimate of drug-likeness (QED) is 0.592. The van der Waals surface area contributed by atoms with E-state index in [1.54, 1.807) is 18.3 Å². The van der Waals surface area contributed by atoms with Gasteiger partial charge in [0.25, 0.3) is 0 Å². The van der Waals surface area contributed by atoms with Crippen LogP contribution in [0.4, 0.5) is 5.82 Å². The highest BCUT2D eigenvalue weighted by Gasteiger charge is 2.11. The zero-order valence-corrected chi connectivity index (χ0v) is 13.4. The van der Waals surface area contributed by atoms with Crippen LogP contribution in [0.15, 0.2) is 72.9 Å². The van der Waals surface area contributed by atoms with Gasteiger partial charge in [-0.25, -0.2) is 15.0 Å². The molecule has 0 aliphatic carbocycles. The Hall–Kier alpha value is -3.47. The Bertz CT molecular complexity index is 1000. The number of aromatic hydroxyl groups is 1. The highest BCUT2D eigenvalue weighted by atomic mass is 16.3. The molecule has 0 amide bonds. The third-order valence-corrected chi connectivity index (χ3v) is 3.88. The molecule has 0 spiro atoms. The van der Waals surface area contributed by atoms with Crippen LogP contribution < -0.4 is 5.32 Å². The summed E-state index contributed by atoms with van der Waals surface area (Å²) in [6.07, 6.45) is 1.70. The highest BCUT2D eigenvalue weighted by molar-refractivity contribution is 5.81. The van der Waals surface area contributed by atoms with E-state index in [1.165, 1.54) is 0 Å². The molecule has 2 aromatic carbocycles. The van der Waals surface area contributed by atoms with Gasteiger partial charge < -0.3 is 10.4 Å². The van der Waals surface area contributed by atoms with Gasteiger partial charge in [0.05, 0.1) is 0 Å². The smallest absolute Gasteiger partial charge is 0.178 e. The molecule has 0 unspecified atom stereocenters. The Balaban J connectivity index is 1.77. The number of phenolic OH excluding ortho intramolecular Hbond substituents is 1. The Kier molecular flexibility index (Phi) is 3.96. The van der Waals surface area contributed by atoms with Crippen molar-refractivity contribution in [2.45, 2.75) is 6.54 Å². The predicted molar refractivity (Wildman–Crippen MR) is 98.2 cm³/mol. The second kappa shape index (κ2) is 6.57. The topological polar surface area (TPSA) is 70.9 Å². The average Bonchev–Trinajstić information content (AvgIpc) is 2.67. The minimum absolute atomic E-state index is 0.217. The summed E-state index contributed by atoms with van der Waals surface area (Å²) in [4.78, 5) is 13.7. The summed E-state index contributed by atoms with van der Waals surface area (Å²) in [6, 6.07) is 20.8. The van der Waals surface area contributed by atoms with Gasteiger partial charge in [0, 0.05) is 18.3 Å². The van der Waals surface area contributed by atoms with Crippen molar-refractivity contribution in [3.63, 3.8) is 0 Å². The summed E-state index contributed by atoms with van der Waals surface area (Å²) in [5.41, 5.74) is 4.07. The van der Waals surface area contributed by atoms with Crippen LogP contribution in [0.5, 0.6) is 5.75 Å². The SMILES string of the molecule is Oc1ccc(-c2nc3ncccc3nc2NCc2ccccc2)cc1. The van der Waals surface area contributed by atoms with Gasteiger partial charge in [0.1, 0.15) is 17.0 Å². The number of benzene rings is 2. The highest BCUT2D eigenvalue weighted by Crippen LogP contribution is 2.28. The van der Waals surface area contributed by atoms with Crippen molar-refractivity contribution in [3.05, 3.63) is 78.5 Å².